The van der Waals surface area contributed by atoms with Gasteiger partial charge in [0.1, 0.15) is 6.34 Å². The lowest BCUT2D eigenvalue weighted by Gasteiger charge is -1.80. The number of nitrogens with two attached hydrogens (primary N) is 1. The van der Waals surface area contributed by atoms with Gasteiger partial charge in [-0.2, -0.15) is 0 Å². The Balaban J connectivity index is 2.60. The second-order valence-corrected chi connectivity index (χ2v) is 1.39. The summed E-state index contributed by atoms with van der Waals surface area (Å²) in [5, 5.41) is 0. The summed E-state index contributed by atoms with van der Waals surface area (Å²) in [6.07, 6.45) is 4.99. The maximum atomic E-state index is 5.20. The average Bonchev–Trinajstić information content (AvgIpc) is 2.19. The molecule has 0 saturated heterocycles. The van der Waals surface area contributed by atoms with Crippen LogP contribution in [0.25, 0.3) is 0 Å². The van der Waals surface area contributed by atoms with Gasteiger partial charge in [-0.3, -0.25) is 0 Å². The number of nitrogens with zero attached hydrogens (tertiary/aromatic N) is 2. The first-order valence-corrected chi connectivity index (χ1v) is 2.39. The Morgan fingerprint density at radius 2 is 2.62 bits per heavy atom. The van der Waals surface area contributed by atoms with Gasteiger partial charge in [-0.1, -0.05) is 0 Å². The van der Waals surface area contributed by atoms with Gasteiger partial charge < -0.3 is 5.73 Å². The smallest absolute Gasteiger partial charge is 0.116 e. The van der Waals surface area contributed by atoms with Crippen molar-refractivity contribution in [2.24, 2.45) is 15.7 Å². The van der Waals surface area contributed by atoms with Crippen LogP contribution in [0.3, 0.4) is 0 Å². The molecular formula is C5H7N3. The largest absolute Gasteiger partial charge is 0.327 e. The van der Waals surface area contributed by atoms with E-state index in [1.807, 2.05) is 6.08 Å². The quantitative estimate of drug-likeness (QED) is 0.504. The van der Waals surface area contributed by atoms with Crippen molar-refractivity contribution in [2.75, 3.05) is 6.54 Å². The van der Waals surface area contributed by atoms with Crippen LogP contribution >= 0.6 is 0 Å². The van der Waals surface area contributed by atoms with Gasteiger partial charge in [-0.15, -0.1) is 0 Å². The number of rotatable bonds is 1. The first kappa shape index (κ1) is 5.18. The van der Waals surface area contributed by atoms with E-state index in [4.69, 9.17) is 5.73 Å². The number of hydrogen-bond donors (Lipinski definition) is 1. The molecule has 1 aliphatic heterocycles. The Morgan fingerprint density at radius 3 is 3.12 bits per heavy atom. The molecular weight excluding hydrogens is 102 g/mol. The summed E-state index contributed by atoms with van der Waals surface area (Å²) >= 11 is 0. The molecule has 0 aromatic carbocycles. The summed E-state index contributed by atoms with van der Waals surface area (Å²) in [5.41, 5.74) is 6.05. The minimum Gasteiger partial charge on any atom is -0.327 e. The van der Waals surface area contributed by atoms with Gasteiger partial charge in [0.2, 0.25) is 0 Å². The van der Waals surface area contributed by atoms with Crippen molar-refractivity contribution in [3.05, 3.63) is 11.8 Å². The van der Waals surface area contributed by atoms with Crippen LogP contribution in [0.5, 0.6) is 0 Å². The van der Waals surface area contributed by atoms with Gasteiger partial charge >= 0.3 is 0 Å². The average molecular weight is 109 g/mol. The van der Waals surface area contributed by atoms with E-state index in [1.54, 1.807) is 6.21 Å². The van der Waals surface area contributed by atoms with Gasteiger partial charge in [0.05, 0.1) is 11.9 Å². The van der Waals surface area contributed by atoms with Crippen molar-refractivity contribution >= 4 is 12.6 Å². The summed E-state index contributed by atoms with van der Waals surface area (Å²) in [5.74, 6) is 0. The zero-order valence-corrected chi connectivity index (χ0v) is 4.41. The molecule has 1 rings (SSSR count). The van der Waals surface area contributed by atoms with Crippen molar-refractivity contribution in [2.45, 2.75) is 0 Å². The molecule has 0 bridgehead atoms. The first-order chi connectivity index (χ1) is 3.93. The molecule has 8 heavy (non-hydrogen) atoms. The molecule has 0 unspecified atom stereocenters. The van der Waals surface area contributed by atoms with Crippen LogP contribution < -0.4 is 5.73 Å². The first-order valence-electron chi connectivity index (χ1n) is 2.39. The number of aliphatic imine (C=N–C) groups is 2. The Kier molecular flexibility index (Phi) is 1.54. The highest BCUT2D eigenvalue weighted by Crippen LogP contribution is 1.94. The van der Waals surface area contributed by atoms with E-state index in [-0.39, 0.29) is 0 Å². The molecule has 1 heterocycles. The molecule has 0 aromatic heterocycles. The SMILES string of the molecule is NCC=C1C=NC=N1. The number of allylic oxidation sites excluding steroid dienone is 1. The van der Waals surface area contributed by atoms with E-state index in [0.29, 0.717) is 6.54 Å². The lowest BCUT2D eigenvalue weighted by molar-refractivity contribution is 1.23. The van der Waals surface area contributed by atoms with Crippen LogP contribution in [0.4, 0.5) is 0 Å². The Labute approximate surface area is 47.6 Å². The minimum atomic E-state index is 0.526. The maximum absolute atomic E-state index is 5.20. The van der Waals surface area contributed by atoms with Gasteiger partial charge in [-0.05, 0) is 6.08 Å². The Morgan fingerprint density at radius 1 is 1.75 bits per heavy atom. The second-order valence-electron chi connectivity index (χ2n) is 1.39. The molecule has 0 fully saturated rings. The van der Waals surface area contributed by atoms with Crippen LogP contribution in [0.15, 0.2) is 21.8 Å². The molecule has 0 saturated carbocycles. The molecule has 0 spiro atoms. The Bertz CT molecular complexity index is 141. The van der Waals surface area contributed by atoms with E-state index in [1.165, 1.54) is 6.34 Å². The van der Waals surface area contributed by atoms with Crippen LogP contribution in [0, 0.1) is 0 Å². The van der Waals surface area contributed by atoms with E-state index >= 15 is 0 Å². The fourth-order valence-corrected chi connectivity index (χ4v) is 0.469. The number of hydrogen-bond acceptors (Lipinski definition) is 3. The highest BCUT2D eigenvalue weighted by atomic mass is 14.9. The predicted molar refractivity (Wildman–Crippen MR) is 34.1 cm³/mol. The van der Waals surface area contributed by atoms with E-state index in [2.05, 4.69) is 9.98 Å². The molecule has 3 nitrogen and oxygen atoms in total. The van der Waals surface area contributed by atoms with Gasteiger partial charge in [0.25, 0.3) is 0 Å². The lowest BCUT2D eigenvalue weighted by Crippen LogP contribution is -1.94. The van der Waals surface area contributed by atoms with Crippen molar-refractivity contribution in [1.29, 1.82) is 0 Å². The summed E-state index contributed by atoms with van der Waals surface area (Å²) in [4.78, 5) is 7.60. The van der Waals surface area contributed by atoms with Crippen molar-refractivity contribution < 1.29 is 0 Å². The molecule has 0 atom stereocenters. The summed E-state index contributed by atoms with van der Waals surface area (Å²) in [7, 11) is 0. The third kappa shape index (κ3) is 1.01. The summed E-state index contributed by atoms with van der Waals surface area (Å²) in [6, 6.07) is 0. The third-order valence-electron chi connectivity index (χ3n) is 0.807. The molecule has 0 aliphatic carbocycles. The molecule has 2 N–H and O–H groups in total. The topological polar surface area (TPSA) is 50.7 Å². The van der Waals surface area contributed by atoms with Crippen LogP contribution in [-0.2, 0) is 0 Å². The highest BCUT2D eigenvalue weighted by molar-refractivity contribution is 5.91. The molecule has 0 aromatic rings. The van der Waals surface area contributed by atoms with E-state index < -0.39 is 0 Å². The van der Waals surface area contributed by atoms with E-state index in [9.17, 15) is 0 Å². The van der Waals surface area contributed by atoms with E-state index in [0.717, 1.165) is 5.70 Å². The van der Waals surface area contributed by atoms with Gasteiger partial charge in [0, 0.05) is 6.54 Å². The molecule has 0 amide bonds. The minimum absolute atomic E-state index is 0.526. The third-order valence-corrected chi connectivity index (χ3v) is 0.807. The Hall–Kier alpha value is -0.960. The monoisotopic (exact) mass is 109 g/mol. The second kappa shape index (κ2) is 2.37. The molecule has 3 heteroatoms. The summed E-state index contributed by atoms with van der Waals surface area (Å²) in [6.45, 7) is 0.526. The van der Waals surface area contributed by atoms with Crippen molar-refractivity contribution in [3.8, 4) is 0 Å². The van der Waals surface area contributed by atoms with Gasteiger partial charge in [0.15, 0.2) is 0 Å². The fraction of sp³-hybridized carbons (Fsp3) is 0.200. The molecule has 42 valence electrons. The fourth-order valence-electron chi connectivity index (χ4n) is 0.469. The van der Waals surface area contributed by atoms with Crippen molar-refractivity contribution in [1.82, 2.24) is 0 Å². The zero-order chi connectivity index (χ0) is 5.82. The predicted octanol–water partition coefficient (Wildman–Crippen LogP) is -0.0583. The van der Waals surface area contributed by atoms with Crippen LogP contribution in [-0.4, -0.2) is 19.1 Å². The highest BCUT2D eigenvalue weighted by Gasteiger charge is 1.89. The van der Waals surface area contributed by atoms with Crippen molar-refractivity contribution in [3.63, 3.8) is 0 Å². The molecule has 1 aliphatic rings. The maximum Gasteiger partial charge on any atom is 0.116 e. The lowest BCUT2D eigenvalue weighted by atomic mass is 10.4. The van der Waals surface area contributed by atoms with Crippen LogP contribution in [0.1, 0.15) is 0 Å². The zero-order valence-electron chi connectivity index (χ0n) is 4.41. The molecule has 0 radical (unpaired) electrons. The normalized spacial score (nSPS) is 20.9. The standard InChI is InChI=1S/C5H7N3/c6-2-1-5-3-7-4-8-5/h1,3-4H,2,6H2. The van der Waals surface area contributed by atoms with Gasteiger partial charge in [-0.25, -0.2) is 9.98 Å². The van der Waals surface area contributed by atoms with Crippen LogP contribution in [0.2, 0.25) is 0 Å². The summed E-state index contributed by atoms with van der Waals surface area (Å²) < 4.78 is 0.